The Morgan fingerprint density at radius 2 is 2.19 bits per heavy atom. The average molecular weight is 310 g/mol. The minimum atomic E-state index is -0.357. The molecule has 1 aliphatic heterocycles. The lowest BCUT2D eigenvalue weighted by atomic mass is 10.1. The summed E-state index contributed by atoms with van der Waals surface area (Å²) in [7, 11) is 0. The molecule has 3 amide bonds. The summed E-state index contributed by atoms with van der Waals surface area (Å²) in [4.78, 5) is 34.6. The van der Waals surface area contributed by atoms with Gasteiger partial charge in [0.25, 0.3) is 5.91 Å². The van der Waals surface area contributed by atoms with Crippen molar-refractivity contribution < 1.29 is 14.4 Å². The minimum Gasteiger partial charge on any atom is -0.354 e. The van der Waals surface area contributed by atoms with Crippen molar-refractivity contribution in [3.8, 4) is 0 Å². The van der Waals surface area contributed by atoms with Crippen LogP contribution in [-0.4, -0.2) is 36.9 Å². The number of carbonyl (C=O) groups is 3. The number of hydrogen-bond donors (Lipinski definition) is 3. The van der Waals surface area contributed by atoms with Crippen LogP contribution in [-0.2, 0) is 9.59 Å². The van der Waals surface area contributed by atoms with E-state index >= 15 is 0 Å². The first-order valence-corrected chi connectivity index (χ1v) is 7.02. The second-order valence-corrected chi connectivity index (χ2v) is 5.24. The number of amides is 3. The second kappa shape index (κ2) is 7.08. The van der Waals surface area contributed by atoms with Crippen LogP contribution in [0.4, 0.5) is 0 Å². The summed E-state index contributed by atoms with van der Waals surface area (Å²) in [6.07, 6.45) is 1.01. The van der Waals surface area contributed by atoms with Gasteiger partial charge in [-0.25, -0.2) is 0 Å². The van der Waals surface area contributed by atoms with E-state index in [2.05, 4.69) is 16.0 Å². The Kier molecular flexibility index (Phi) is 5.16. The van der Waals surface area contributed by atoms with E-state index in [0.29, 0.717) is 30.0 Å². The van der Waals surface area contributed by atoms with Crippen molar-refractivity contribution in [2.75, 3.05) is 13.1 Å². The van der Waals surface area contributed by atoms with Gasteiger partial charge < -0.3 is 16.0 Å². The molecule has 0 aliphatic carbocycles. The standard InChI is InChI=1S/C14H16ClN3O3/c15-10-3-1-2-9(6-10)14(21)17-8-13(20)18-11-4-5-12(19)16-7-11/h1-3,6,11H,4-5,7-8H2,(H,16,19)(H,17,21)(H,18,20). The number of carbonyl (C=O) groups excluding carboxylic acids is 3. The van der Waals surface area contributed by atoms with Gasteiger partial charge in [0.1, 0.15) is 0 Å². The summed E-state index contributed by atoms with van der Waals surface area (Å²) in [5, 5.41) is 8.43. The molecule has 1 saturated heterocycles. The van der Waals surface area contributed by atoms with E-state index in [9.17, 15) is 14.4 Å². The molecule has 1 unspecified atom stereocenters. The Labute approximate surface area is 127 Å². The molecule has 1 aromatic carbocycles. The monoisotopic (exact) mass is 309 g/mol. The fourth-order valence-corrected chi connectivity index (χ4v) is 2.22. The molecule has 1 atom stereocenters. The number of halogens is 1. The smallest absolute Gasteiger partial charge is 0.251 e. The third-order valence-corrected chi connectivity index (χ3v) is 3.36. The lowest BCUT2D eigenvalue weighted by molar-refractivity contribution is -0.125. The Bertz CT molecular complexity index is 552. The summed E-state index contributed by atoms with van der Waals surface area (Å²) in [5.74, 6) is -0.647. The third-order valence-electron chi connectivity index (χ3n) is 3.13. The van der Waals surface area contributed by atoms with Crippen molar-refractivity contribution in [3.05, 3.63) is 34.9 Å². The summed E-state index contributed by atoms with van der Waals surface area (Å²) in [5.41, 5.74) is 0.403. The van der Waals surface area contributed by atoms with Crippen molar-refractivity contribution in [2.24, 2.45) is 0 Å². The minimum absolute atomic E-state index is 0.00485. The predicted octanol–water partition coefficient (Wildman–Crippen LogP) is 0.465. The summed E-state index contributed by atoms with van der Waals surface area (Å²) in [6.45, 7) is 0.308. The number of rotatable bonds is 4. The van der Waals surface area contributed by atoms with E-state index in [1.165, 1.54) is 6.07 Å². The van der Waals surface area contributed by atoms with Gasteiger partial charge in [0, 0.05) is 29.6 Å². The number of nitrogens with one attached hydrogen (secondary N) is 3. The van der Waals surface area contributed by atoms with Crippen LogP contribution in [0.25, 0.3) is 0 Å². The zero-order valence-corrected chi connectivity index (χ0v) is 12.1. The molecule has 112 valence electrons. The van der Waals surface area contributed by atoms with Crippen molar-refractivity contribution in [3.63, 3.8) is 0 Å². The van der Waals surface area contributed by atoms with Crippen LogP contribution in [0.2, 0.25) is 5.02 Å². The zero-order valence-electron chi connectivity index (χ0n) is 11.3. The molecule has 1 fully saturated rings. The summed E-state index contributed by atoms with van der Waals surface area (Å²) < 4.78 is 0. The molecule has 0 aromatic heterocycles. The first-order chi connectivity index (χ1) is 10.0. The molecule has 0 bridgehead atoms. The van der Waals surface area contributed by atoms with Gasteiger partial charge in [-0.1, -0.05) is 17.7 Å². The molecular formula is C14H16ClN3O3. The average Bonchev–Trinajstić information content (AvgIpc) is 2.47. The van der Waals surface area contributed by atoms with Gasteiger partial charge in [-0.15, -0.1) is 0 Å². The van der Waals surface area contributed by atoms with Gasteiger partial charge in [-0.05, 0) is 24.6 Å². The van der Waals surface area contributed by atoms with Crippen LogP contribution in [0.1, 0.15) is 23.2 Å². The second-order valence-electron chi connectivity index (χ2n) is 4.80. The third kappa shape index (κ3) is 4.75. The van der Waals surface area contributed by atoms with Crippen LogP contribution in [0.3, 0.4) is 0 Å². The first-order valence-electron chi connectivity index (χ1n) is 6.64. The highest BCUT2D eigenvalue weighted by Crippen LogP contribution is 2.10. The quantitative estimate of drug-likeness (QED) is 0.755. The van der Waals surface area contributed by atoms with Crippen LogP contribution >= 0.6 is 11.6 Å². The number of hydrogen-bond acceptors (Lipinski definition) is 3. The Morgan fingerprint density at radius 3 is 2.86 bits per heavy atom. The normalized spacial score (nSPS) is 17.8. The number of piperidine rings is 1. The van der Waals surface area contributed by atoms with Crippen LogP contribution in [0, 0.1) is 0 Å². The van der Waals surface area contributed by atoms with Crippen LogP contribution in [0.5, 0.6) is 0 Å². The van der Waals surface area contributed by atoms with Gasteiger partial charge in [-0.2, -0.15) is 0 Å². The molecule has 2 rings (SSSR count). The van der Waals surface area contributed by atoms with Gasteiger partial charge in [-0.3, -0.25) is 14.4 Å². The van der Waals surface area contributed by atoms with E-state index in [4.69, 9.17) is 11.6 Å². The van der Waals surface area contributed by atoms with Crippen molar-refractivity contribution >= 4 is 29.3 Å². The maximum absolute atomic E-state index is 11.8. The summed E-state index contributed by atoms with van der Waals surface area (Å²) >= 11 is 5.80. The van der Waals surface area contributed by atoms with Crippen LogP contribution in [0.15, 0.2) is 24.3 Å². The Hall–Kier alpha value is -2.08. The van der Waals surface area contributed by atoms with Crippen LogP contribution < -0.4 is 16.0 Å². The van der Waals surface area contributed by atoms with Gasteiger partial charge in [0.05, 0.1) is 6.54 Å². The Balaban J connectivity index is 1.76. The largest absolute Gasteiger partial charge is 0.354 e. The summed E-state index contributed by atoms with van der Waals surface area (Å²) in [6, 6.07) is 6.41. The zero-order chi connectivity index (χ0) is 15.2. The highest BCUT2D eigenvalue weighted by Gasteiger charge is 2.19. The molecule has 6 nitrogen and oxygen atoms in total. The highest BCUT2D eigenvalue weighted by molar-refractivity contribution is 6.30. The van der Waals surface area contributed by atoms with Gasteiger partial charge in [0.2, 0.25) is 11.8 Å². The maximum Gasteiger partial charge on any atom is 0.251 e. The molecule has 1 aliphatic rings. The lowest BCUT2D eigenvalue weighted by Gasteiger charge is -2.23. The number of benzene rings is 1. The van der Waals surface area contributed by atoms with E-state index in [0.717, 1.165) is 0 Å². The van der Waals surface area contributed by atoms with Crippen molar-refractivity contribution in [1.82, 2.24) is 16.0 Å². The Morgan fingerprint density at radius 1 is 1.38 bits per heavy atom. The van der Waals surface area contributed by atoms with E-state index in [-0.39, 0.29) is 30.3 Å². The molecule has 0 radical (unpaired) electrons. The fourth-order valence-electron chi connectivity index (χ4n) is 2.03. The lowest BCUT2D eigenvalue weighted by Crippen LogP contribution is -2.50. The van der Waals surface area contributed by atoms with E-state index in [1.54, 1.807) is 18.2 Å². The predicted molar refractivity (Wildman–Crippen MR) is 78.0 cm³/mol. The fraction of sp³-hybridized carbons (Fsp3) is 0.357. The molecule has 0 saturated carbocycles. The van der Waals surface area contributed by atoms with Gasteiger partial charge >= 0.3 is 0 Å². The molecule has 21 heavy (non-hydrogen) atoms. The molecule has 7 heteroatoms. The molecule has 1 aromatic rings. The van der Waals surface area contributed by atoms with E-state index < -0.39 is 0 Å². The topological polar surface area (TPSA) is 87.3 Å². The molecule has 0 spiro atoms. The molecule has 1 heterocycles. The highest BCUT2D eigenvalue weighted by atomic mass is 35.5. The maximum atomic E-state index is 11.8. The van der Waals surface area contributed by atoms with Gasteiger partial charge in [0.15, 0.2) is 0 Å². The van der Waals surface area contributed by atoms with E-state index in [1.807, 2.05) is 0 Å². The molecule has 3 N–H and O–H groups in total. The SMILES string of the molecule is O=C1CCC(NC(=O)CNC(=O)c2cccc(Cl)c2)CN1. The van der Waals surface area contributed by atoms with Crippen molar-refractivity contribution in [1.29, 1.82) is 0 Å². The van der Waals surface area contributed by atoms with Crippen molar-refractivity contribution in [2.45, 2.75) is 18.9 Å². The first kappa shape index (κ1) is 15.3. The molecular weight excluding hydrogens is 294 g/mol.